The van der Waals surface area contributed by atoms with Crippen molar-refractivity contribution in [1.29, 1.82) is 0 Å². The van der Waals surface area contributed by atoms with E-state index in [0.717, 1.165) is 25.7 Å². The summed E-state index contributed by atoms with van der Waals surface area (Å²) in [5.41, 5.74) is 0.0653. The Labute approximate surface area is 134 Å². The predicted octanol–water partition coefficient (Wildman–Crippen LogP) is 1.59. The number of carbonyl (C=O) groups excluding carboxylic acids is 1. The lowest BCUT2D eigenvalue weighted by atomic mass is 9.96. The molecule has 23 heavy (non-hydrogen) atoms. The topological polar surface area (TPSA) is 60.1 Å². The van der Waals surface area contributed by atoms with Crippen LogP contribution in [0.4, 0.5) is 0 Å². The average Bonchev–Trinajstić information content (AvgIpc) is 3.16. The predicted molar refractivity (Wildman–Crippen MR) is 85.2 cm³/mol. The molecule has 120 valence electrons. The van der Waals surface area contributed by atoms with Crippen LogP contribution >= 0.6 is 0 Å². The quantitative estimate of drug-likeness (QED) is 0.846. The number of amides is 1. The molecule has 2 bridgehead atoms. The Morgan fingerprint density at radius 1 is 1.13 bits per heavy atom. The zero-order valence-corrected chi connectivity index (χ0v) is 13.1. The van der Waals surface area contributed by atoms with Crippen LogP contribution in [0.2, 0.25) is 0 Å². The molecule has 4 rings (SSSR count). The summed E-state index contributed by atoms with van der Waals surface area (Å²) >= 11 is 0. The second kappa shape index (κ2) is 5.37. The summed E-state index contributed by atoms with van der Waals surface area (Å²) in [6, 6.07) is 6.11. The fourth-order valence-electron chi connectivity index (χ4n) is 4.09. The highest BCUT2D eigenvalue weighted by Gasteiger charge is 2.44. The zero-order valence-electron chi connectivity index (χ0n) is 13.1. The monoisotopic (exact) mass is 312 g/mol. The average molecular weight is 312 g/mol. The second-order valence-corrected chi connectivity index (χ2v) is 6.55. The number of rotatable bonds is 2. The third-order valence-electron chi connectivity index (χ3n) is 5.20. The number of nitrogens with zero attached hydrogens (tertiary/aromatic N) is 4. The summed E-state index contributed by atoms with van der Waals surface area (Å²) in [5.74, 6) is -0.113. The Morgan fingerprint density at radius 3 is 2.52 bits per heavy atom. The Hall–Kier alpha value is -2.37. The van der Waals surface area contributed by atoms with Crippen LogP contribution in [0.5, 0.6) is 0 Å². The molecule has 4 heterocycles. The minimum Gasteiger partial charge on any atom is -0.332 e. The van der Waals surface area contributed by atoms with Crippen LogP contribution in [0.15, 0.2) is 41.6 Å². The number of aromatic nitrogens is 3. The highest BCUT2D eigenvalue weighted by atomic mass is 16.2. The molecule has 2 aliphatic heterocycles. The van der Waals surface area contributed by atoms with E-state index in [4.69, 9.17) is 0 Å². The maximum absolute atomic E-state index is 12.9. The first-order valence-corrected chi connectivity index (χ1v) is 8.12. The fourth-order valence-corrected chi connectivity index (χ4v) is 4.09. The van der Waals surface area contributed by atoms with Gasteiger partial charge in [0.15, 0.2) is 0 Å². The zero-order chi connectivity index (χ0) is 16.0. The lowest BCUT2D eigenvalue weighted by Crippen LogP contribution is -2.48. The number of hydrogen-bond donors (Lipinski definition) is 0. The first-order valence-electron chi connectivity index (χ1n) is 8.12. The van der Waals surface area contributed by atoms with Gasteiger partial charge in [0.1, 0.15) is 5.56 Å². The molecule has 0 aromatic carbocycles. The summed E-state index contributed by atoms with van der Waals surface area (Å²) in [6.45, 7) is 0. The maximum Gasteiger partial charge on any atom is 0.263 e. The van der Waals surface area contributed by atoms with E-state index in [1.165, 1.54) is 4.57 Å². The summed E-state index contributed by atoms with van der Waals surface area (Å²) in [5, 5.41) is 4.35. The Morgan fingerprint density at radius 2 is 1.87 bits per heavy atom. The molecular weight excluding hydrogens is 292 g/mol. The van der Waals surface area contributed by atoms with Crippen molar-refractivity contribution in [2.45, 2.75) is 43.8 Å². The van der Waals surface area contributed by atoms with Gasteiger partial charge in [0.2, 0.25) is 0 Å². The van der Waals surface area contributed by atoms with Gasteiger partial charge >= 0.3 is 0 Å². The van der Waals surface area contributed by atoms with Crippen LogP contribution in [0, 0.1) is 0 Å². The van der Waals surface area contributed by atoms with E-state index in [1.54, 1.807) is 31.6 Å². The van der Waals surface area contributed by atoms with Crippen molar-refractivity contribution in [3.63, 3.8) is 0 Å². The van der Waals surface area contributed by atoms with Crippen molar-refractivity contribution in [3.8, 4) is 0 Å². The van der Waals surface area contributed by atoms with Gasteiger partial charge in [-0.05, 0) is 43.9 Å². The number of piperidine rings is 1. The van der Waals surface area contributed by atoms with Crippen LogP contribution in [0.1, 0.15) is 42.1 Å². The standard InChI is InChI=1S/C17H20N4O2/c1-19-8-2-4-15(16(19)22)17(23)21-12-5-6-13(21)11-14(10-12)20-9-3-7-18-20/h2-4,7-9,12-14H,5-6,10-11H2,1H3. The Balaban J connectivity index is 1.61. The van der Waals surface area contributed by atoms with Gasteiger partial charge in [-0.25, -0.2) is 0 Å². The second-order valence-electron chi connectivity index (χ2n) is 6.55. The molecule has 2 atom stereocenters. The Kier molecular flexibility index (Phi) is 3.32. The molecule has 0 spiro atoms. The van der Waals surface area contributed by atoms with Crippen molar-refractivity contribution in [1.82, 2.24) is 19.2 Å². The number of hydrogen-bond acceptors (Lipinski definition) is 3. The van der Waals surface area contributed by atoms with Crippen molar-refractivity contribution < 1.29 is 4.79 Å². The first-order chi connectivity index (χ1) is 11.1. The van der Waals surface area contributed by atoms with E-state index in [-0.39, 0.29) is 29.1 Å². The highest BCUT2D eigenvalue weighted by Crippen LogP contribution is 2.41. The smallest absolute Gasteiger partial charge is 0.263 e. The van der Waals surface area contributed by atoms with Gasteiger partial charge in [0.25, 0.3) is 11.5 Å². The van der Waals surface area contributed by atoms with E-state index in [2.05, 4.69) is 5.10 Å². The number of fused-ring (bicyclic) bond motifs is 2. The maximum atomic E-state index is 12.9. The third-order valence-corrected chi connectivity index (χ3v) is 5.20. The molecule has 0 saturated carbocycles. The van der Waals surface area contributed by atoms with E-state index >= 15 is 0 Å². The van der Waals surface area contributed by atoms with Crippen LogP contribution in [-0.2, 0) is 7.05 Å². The van der Waals surface area contributed by atoms with Gasteiger partial charge in [0.05, 0.1) is 6.04 Å². The third kappa shape index (κ3) is 2.29. The van der Waals surface area contributed by atoms with Gasteiger partial charge in [-0.1, -0.05) is 0 Å². The molecular formula is C17H20N4O2. The number of aryl methyl sites for hydroxylation is 1. The van der Waals surface area contributed by atoms with E-state index in [9.17, 15) is 9.59 Å². The van der Waals surface area contributed by atoms with Gasteiger partial charge in [-0.2, -0.15) is 5.10 Å². The van der Waals surface area contributed by atoms with Crippen LogP contribution in [0.3, 0.4) is 0 Å². The fraction of sp³-hybridized carbons (Fsp3) is 0.471. The van der Waals surface area contributed by atoms with Crippen molar-refractivity contribution in [2.75, 3.05) is 0 Å². The normalized spacial score (nSPS) is 26.5. The molecule has 6 heteroatoms. The lowest BCUT2D eigenvalue weighted by molar-refractivity contribution is 0.0522. The summed E-state index contributed by atoms with van der Waals surface area (Å²) in [7, 11) is 1.68. The Bertz CT molecular complexity index is 766. The van der Waals surface area contributed by atoms with Crippen LogP contribution in [-0.4, -0.2) is 37.2 Å². The van der Waals surface area contributed by atoms with Crippen LogP contribution < -0.4 is 5.56 Å². The molecule has 2 fully saturated rings. The molecule has 0 aliphatic carbocycles. The van der Waals surface area contributed by atoms with E-state index in [0.29, 0.717) is 6.04 Å². The first kappa shape index (κ1) is 14.2. The molecule has 0 radical (unpaired) electrons. The van der Waals surface area contributed by atoms with E-state index in [1.807, 2.05) is 21.8 Å². The largest absolute Gasteiger partial charge is 0.332 e. The number of pyridine rings is 1. The molecule has 2 aromatic rings. The van der Waals surface area contributed by atoms with Crippen LogP contribution in [0.25, 0.3) is 0 Å². The summed E-state index contributed by atoms with van der Waals surface area (Å²) in [4.78, 5) is 27.1. The molecule has 1 amide bonds. The lowest BCUT2D eigenvalue weighted by Gasteiger charge is -2.39. The van der Waals surface area contributed by atoms with Gasteiger partial charge in [-0.15, -0.1) is 0 Å². The van der Waals surface area contributed by atoms with Crippen molar-refractivity contribution in [2.24, 2.45) is 7.05 Å². The SMILES string of the molecule is Cn1cccc(C(=O)N2C3CCC2CC(n2cccn2)C3)c1=O. The summed E-state index contributed by atoms with van der Waals surface area (Å²) < 4.78 is 3.47. The number of carbonyl (C=O) groups is 1. The molecule has 0 N–H and O–H groups in total. The molecule has 2 aromatic heterocycles. The van der Waals surface area contributed by atoms with Gasteiger partial charge in [0, 0.05) is 37.7 Å². The molecule has 2 unspecified atom stereocenters. The minimum atomic E-state index is -0.217. The van der Waals surface area contributed by atoms with Crippen molar-refractivity contribution in [3.05, 3.63) is 52.7 Å². The summed E-state index contributed by atoms with van der Waals surface area (Å²) in [6.07, 6.45) is 9.33. The molecule has 2 aliphatic rings. The minimum absolute atomic E-state index is 0.113. The van der Waals surface area contributed by atoms with Crippen molar-refractivity contribution >= 4 is 5.91 Å². The van der Waals surface area contributed by atoms with Gasteiger partial charge in [-0.3, -0.25) is 14.3 Å². The highest BCUT2D eigenvalue weighted by molar-refractivity contribution is 5.94. The molecule has 2 saturated heterocycles. The van der Waals surface area contributed by atoms with Gasteiger partial charge < -0.3 is 9.47 Å². The molecule has 6 nitrogen and oxygen atoms in total. The van der Waals surface area contributed by atoms with E-state index < -0.39 is 0 Å².